The number of aryl methyl sites for hydroxylation is 1. The second-order valence-corrected chi connectivity index (χ2v) is 4.26. The summed E-state index contributed by atoms with van der Waals surface area (Å²) < 4.78 is 36.2. The number of aliphatic hydroxyl groups is 1. The van der Waals surface area contributed by atoms with E-state index in [-0.39, 0.29) is 6.42 Å². The highest BCUT2D eigenvalue weighted by atomic mass is 19.4. The molecule has 0 amide bonds. The Kier molecular flexibility index (Phi) is 3.63. The van der Waals surface area contributed by atoms with Gasteiger partial charge in [-0.1, -0.05) is 29.8 Å². The number of rotatable bonds is 3. The minimum absolute atomic E-state index is 0.320. The highest BCUT2D eigenvalue weighted by molar-refractivity contribution is 5.25. The molecule has 4 heteroatoms. The molecule has 0 heterocycles. The second kappa shape index (κ2) is 4.45. The Morgan fingerprint density at radius 1 is 1.06 bits per heavy atom. The predicted molar refractivity (Wildman–Crippen MR) is 56.0 cm³/mol. The van der Waals surface area contributed by atoms with Crippen molar-refractivity contribution < 1.29 is 18.3 Å². The predicted octanol–water partition coefficient (Wildman–Crippen LogP) is 3.55. The lowest BCUT2D eigenvalue weighted by Gasteiger charge is -2.24. The number of hydrogen-bond donors (Lipinski definition) is 1. The average molecular weight is 232 g/mol. The van der Waals surface area contributed by atoms with Crippen molar-refractivity contribution in [1.29, 1.82) is 0 Å². The molecule has 0 aliphatic carbocycles. The van der Waals surface area contributed by atoms with Gasteiger partial charge in [0.1, 0.15) is 0 Å². The minimum Gasteiger partial charge on any atom is -0.385 e. The lowest BCUT2D eigenvalue weighted by Crippen LogP contribution is -2.24. The van der Waals surface area contributed by atoms with E-state index >= 15 is 0 Å². The van der Waals surface area contributed by atoms with Gasteiger partial charge in [0, 0.05) is 6.42 Å². The molecule has 0 saturated carbocycles. The molecule has 0 fully saturated rings. The van der Waals surface area contributed by atoms with Gasteiger partial charge in [-0.05, 0) is 25.8 Å². The Hall–Kier alpha value is -1.03. The van der Waals surface area contributed by atoms with Crippen molar-refractivity contribution in [2.45, 2.75) is 38.5 Å². The summed E-state index contributed by atoms with van der Waals surface area (Å²) in [4.78, 5) is 0. The lowest BCUT2D eigenvalue weighted by atomic mass is 9.90. The van der Waals surface area contributed by atoms with Crippen LogP contribution in [0.5, 0.6) is 0 Å². The average Bonchev–Trinajstić information content (AvgIpc) is 2.15. The maximum atomic E-state index is 12.1. The van der Waals surface area contributed by atoms with Crippen LogP contribution in [0.1, 0.15) is 30.9 Å². The maximum absolute atomic E-state index is 12.1. The zero-order valence-electron chi connectivity index (χ0n) is 9.30. The highest BCUT2D eigenvalue weighted by Gasteiger charge is 2.32. The smallest absolute Gasteiger partial charge is 0.385 e. The monoisotopic (exact) mass is 232 g/mol. The van der Waals surface area contributed by atoms with E-state index in [1.807, 2.05) is 6.92 Å². The molecule has 0 aliphatic heterocycles. The van der Waals surface area contributed by atoms with Crippen LogP contribution in [-0.2, 0) is 5.60 Å². The largest absolute Gasteiger partial charge is 0.389 e. The molecule has 1 rings (SSSR count). The first-order valence-corrected chi connectivity index (χ1v) is 5.07. The fraction of sp³-hybridized carbons (Fsp3) is 0.500. The van der Waals surface area contributed by atoms with Gasteiger partial charge in [-0.25, -0.2) is 0 Å². The van der Waals surface area contributed by atoms with E-state index in [4.69, 9.17) is 0 Å². The van der Waals surface area contributed by atoms with Crippen molar-refractivity contribution >= 4 is 0 Å². The van der Waals surface area contributed by atoms with Crippen LogP contribution in [-0.4, -0.2) is 11.3 Å². The Morgan fingerprint density at radius 3 is 2.00 bits per heavy atom. The molecular formula is C12H15F3O. The molecule has 1 atom stereocenters. The van der Waals surface area contributed by atoms with Gasteiger partial charge in [-0.2, -0.15) is 13.2 Å². The first-order chi connectivity index (χ1) is 7.21. The molecule has 0 radical (unpaired) electrons. The molecule has 0 spiro atoms. The Bertz CT molecular complexity index is 338. The third-order valence-electron chi connectivity index (χ3n) is 2.57. The van der Waals surface area contributed by atoms with Gasteiger partial charge in [0.15, 0.2) is 0 Å². The summed E-state index contributed by atoms with van der Waals surface area (Å²) in [7, 11) is 0. The molecular weight excluding hydrogens is 217 g/mol. The number of halogens is 3. The summed E-state index contributed by atoms with van der Waals surface area (Å²) in [5.41, 5.74) is 0.0983. The molecule has 0 aromatic heterocycles. The maximum Gasteiger partial charge on any atom is 0.389 e. The van der Waals surface area contributed by atoms with Crippen molar-refractivity contribution in [2.75, 3.05) is 0 Å². The topological polar surface area (TPSA) is 20.2 Å². The van der Waals surface area contributed by atoms with Crippen LogP contribution < -0.4 is 0 Å². The number of benzene rings is 1. The molecule has 0 aliphatic rings. The van der Waals surface area contributed by atoms with E-state index in [9.17, 15) is 18.3 Å². The van der Waals surface area contributed by atoms with Crippen LogP contribution in [0.25, 0.3) is 0 Å². The molecule has 0 saturated heterocycles. The van der Waals surface area contributed by atoms with E-state index < -0.39 is 18.2 Å². The zero-order valence-corrected chi connectivity index (χ0v) is 9.30. The zero-order chi connectivity index (χ0) is 12.4. The summed E-state index contributed by atoms with van der Waals surface area (Å²) in [5, 5.41) is 9.94. The van der Waals surface area contributed by atoms with E-state index in [1.165, 1.54) is 6.92 Å². The molecule has 1 aromatic carbocycles. The van der Waals surface area contributed by atoms with Crippen LogP contribution in [0, 0.1) is 6.92 Å². The van der Waals surface area contributed by atoms with E-state index in [1.54, 1.807) is 24.3 Å². The van der Waals surface area contributed by atoms with Crippen LogP contribution in [0.3, 0.4) is 0 Å². The van der Waals surface area contributed by atoms with Gasteiger partial charge in [0.05, 0.1) is 5.60 Å². The summed E-state index contributed by atoms with van der Waals surface area (Å²) in [5.74, 6) is 0. The second-order valence-electron chi connectivity index (χ2n) is 4.26. The third-order valence-corrected chi connectivity index (χ3v) is 2.57. The Morgan fingerprint density at radius 2 is 1.56 bits per heavy atom. The van der Waals surface area contributed by atoms with Crippen molar-refractivity contribution in [2.24, 2.45) is 0 Å². The summed E-state index contributed by atoms with van der Waals surface area (Å²) in [6, 6.07) is 6.87. The van der Waals surface area contributed by atoms with Crippen molar-refractivity contribution in [3.63, 3.8) is 0 Å². The summed E-state index contributed by atoms with van der Waals surface area (Å²) >= 11 is 0. The van der Waals surface area contributed by atoms with Crippen LogP contribution in [0.4, 0.5) is 13.2 Å². The molecule has 90 valence electrons. The Labute approximate surface area is 92.9 Å². The standard InChI is InChI=1S/C12H15F3O/c1-9-3-5-10(6-4-9)11(2,16)7-8-12(13,14)15/h3-6,16H,7-8H2,1-2H3. The van der Waals surface area contributed by atoms with Crippen molar-refractivity contribution in [3.05, 3.63) is 35.4 Å². The number of hydrogen-bond acceptors (Lipinski definition) is 1. The van der Waals surface area contributed by atoms with Crippen molar-refractivity contribution in [1.82, 2.24) is 0 Å². The van der Waals surface area contributed by atoms with Gasteiger partial charge in [-0.15, -0.1) is 0 Å². The van der Waals surface area contributed by atoms with E-state index in [2.05, 4.69) is 0 Å². The third kappa shape index (κ3) is 3.85. The van der Waals surface area contributed by atoms with E-state index in [0.717, 1.165) is 5.56 Å². The van der Waals surface area contributed by atoms with Gasteiger partial charge >= 0.3 is 6.18 Å². The quantitative estimate of drug-likeness (QED) is 0.845. The van der Waals surface area contributed by atoms with Gasteiger partial charge in [0.25, 0.3) is 0 Å². The fourth-order valence-electron chi connectivity index (χ4n) is 1.44. The first kappa shape index (κ1) is 13.0. The lowest BCUT2D eigenvalue weighted by molar-refractivity contribution is -0.146. The molecule has 1 aromatic rings. The van der Waals surface area contributed by atoms with Gasteiger partial charge < -0.3 is 5.11 Å². The van der Waals surface area contributed by atoms with Crippen LogP contribution in [0.2, 0.25) is 0 Å². The molecule has 0 bridgehead atoms. The van der Waals surface area contributed by atoms with Gasteiger partial charge in [-0.3, -0.25) is 0 Å². The van der Waals surface area contributed by atoms with Crippen molar-refractivity contribution in [3.8, 4) is 0 Å². The van der Waals surface area contributed by atoms with Crippen LogP contribution in [0.15, 0.2) is 24.3 Å². The molecule has 16 heavy (non-hydrogen) atoms. The first-order valence-electron chi connectivity index (χ1n) is 5.07. The number of alkyl halides is 3. The summed E-state index contributed by atoms with van der Waals surface area (Å²) in [6.07, 6.45) is -5.53. The minimum atomic E-state index is -4.23. The van der Waals surface area contributed by atoms with Gasteiger partial charge in [0.2, 0.25) is 0 Å². The molecule has 1 N–H and O–H groups in total. The highest BCUT2D eigenvalue weighted by Crippen LogP contribution is 2.31. The van der Waals surface area contributed by atoms with Crippen LogP contribution >= 0.6 is 0 Å². The fourth-order valence-corrected chi connectivity index (χ4v) is 1.44. The molecule has 1 nitrogen and oxygen atoms in total. The normalized spacial score (nSPS) is 15.9. The molecule has 1 unspecified atom stereocenters. The SMILES string of the molecule is Cc1ccc(C(C)(O)CCC(F)(F)F)cc1. The van der Waals surface area contributed by atoms with E-state index in [0.29, 0.717) is 5.56 Å². The Balaban J connectivity index is 2.73. The summed E-state index contributed by atoms with van der Waals surface area (Å²) in [6.45, 7) is 3.29.